The third kappa shape index (κ3) is 4.34. The minimum absolute atomic E-state index is 0.200. The monoisotopic (exact) mass is 261 g/mol. The van der Waals surface area contributed by atoms with Gasteiger partial charge in [0.25, 0.3) is 5.91 Å². The third-order valence-electron chi connectivity index (χ3n) is 1.63. The number of carbonyl (C=O) groups excluding carboxylic acids is 2. The number of aromatic nitrogens is 1. The number of primary amides is 1. The van der Waals surface area contributed by atoms with Gasteiger partial charge in [0, 0.05) is 11.6 Å². The van der Waals surface area contributed by atoms with Crippen molar-refractivity contribution in [3.05, 3.63) is 16.6 Å². The Morgan fingerprint density at radius 1 is 1.59 bits per heavy atom. The molecular formula is C8H11N3O5S. The van der Waals surface area contributed by atoms with Crippen LogP contribution in [0.25, 0.3) is 0 Å². The fourth-order valence-corrected chi connectivity index (χ4v) is 1.55. The molecule has 0 spiro atoms. The quantitative estimate of drug-likeness (QED) is 0.487. The molecule has 1 aromatic rings. The zero-order valence-electron chi connectivity index (χ0n) is 8.57. The number of aliphatic hydroxyl groups is 2. The molecule has 17 heavy (non-hydrogen) atoms. The molecule has 0 bridgehead atoms. The Balaban J connectivity index is 2.41. The number of thiazole rings is 1. The van der Waals surface area contributed by atoms with E-state index in [-0.39, 0.29) is 5.01 Å². The normalized spacial score (nSPS) is 13.8. The van der Waals surface area contributed by atoms with Gasteiger partial charge in [-0.2, -0.15) is 0 Å². The van der Waals surface area contributed by atoms with E-state index in [9.17, 15) is 19.8 Å². The van der Waals surface area contributed by atoms with Crippen LogP contribution in [-0.4, -0.2) is 40.0 Å². The summed E-state index contributed by atoms with van der Waals surface area (Å²) in [5, 5.41) is 22.5. The van der Waals surface area contributed by atoms with Gasteiger partial charge in [-0.3, -0.25) is 4.79 Å². The van der Waals surface area contributed by atoms with Gasteiger partial charge in [0.05, 0.1) is 0 Å². The molecule has 1 heterocycles. The predicted octanol–water partition coefficient (Wildman–Crippen LogP) is -1.29. The van der Waals surface area contributed by atoms with Crippen molar-refractivity contribution in [3.63, 3.8) is 0 Å². The van der Waals surface area contributed by atoms with Gasteiger partial charge in [-0.1, -0.05) is 0 Å². The summed E-state index contributed by atoms with van der Waals surface area (Å²) in [5.41, 5.74) is 4.67. The average Bonchev–Trinajstić information content (AvgIpc) is 2.78. The second-order valence-electron chi connectivity index (χ2n) is 2.93. The summed E-state index contributed by atoms with van der Waals surface area (Å²) in [6.45, 7) is -0.494. The zero-order chi connectivity index (χ0) is 12.8. The van der Waals surface area contributed by atoms with Gasteiger partial charge in [0.1, 0.15) is 11.6 Å². The van der Waals surface area contributed by atoms with Crippen molar-refractivity contribution in [2.45, 2.75) is 12.3 Å². The van der Waals surface area contributed by atoms with Gasteiger partial charge in [-0.15, -0.1) is 11.3 Å². The van der Waals surface area contributed by atoms with Crippen LogP contribution in [0.2, 0.25) is 0 Å². The zero-order valence-corrected chi connectivity index (χ0v) is 9.38. The Morgan fingerprint density at radius 3 is 2.82 bits per heavy atom. The number of hydrogen-bond donors (Lipinski definition) is 4. The maximum atomic E-state index is 11.4. The first-order valence-electron chi connectivity index (χ1n) is 4.49. The molecule has 0 saturated carbocycles. The van der Waals surface area contributed by atoms with Crippen LogP contribution in [-0.2, 0) is 9.53 Å². The van der Waals surface area contributed by atoms with Crippen LogP contribution < -0.4 is 11.1 Å². The van der Waals surface area contributed by atoms with Gasteiger partial charge in [0.2, 0.25) is 0 Å². The van der Waals surface area contributed by atoms with Crippen molar-refractivity contribution in [1.29, 1.82) is 0 Å². The number of aliphatic hydroxyl groups excluding tert-OH is 2. The molecule has 0 aliphatic rings. The highest BCUT2D eigenvalue weighted by molar-refractivity contribution is 7.09. The van der Waals surface area contributed by atoms with E-state index < -0.39 is 30.9 Å². The van der Waals surface area contributed by atoms with Gasteiger partial charge >= 0.3 is 6.09 Å². The molecule has 0 aromatic carbocycles. The number of carbonyl (C=O) groups is 2. The Hall–Kier alpha value is -1.71. The van der Waals surface area contributed by atoms with E-state index in [0.29, 0.717) is 0 Å². The highest BCUT2D eigenvalue weighted by atomic mass is 32.1. The molecule has 0 saturated heterocycles. The first-order valence-corrected chi connectivity index (χ1v) is 5.37. The number of nitrogens with two attached hydrogens (primary N) is 1. The summed E-state index contributed by atoms with van der Waals surface area (Å²) in [6.07, 6.45) is -2.55. The van der Waals surface area contributed by atoms with Crippen LogP contribution in [0.5, 0.6) is 0 Å². The van der Waals surface area contributed by atoms with Gasteiger partial charge in [-0.05, 0) is 0 Å². The second kappa shape index (κ2) is 6.13. The maximum absolute atomic E-state index is 11.4. The van der Waals surface area contributed by atoms with Crippen LogP contribution in [0.1, 0.15) is 11.1 Å². The van der Waals surface area contributed by atoms with E-state index in [0.717, 1.165) is 11.3 Å². The fourth-order valence-electron chi connectivity index (χ4n) is 0.928. The summed E-state index contributed by atoms with van der Waals surface area (Å²) >= 11 is 1.10. The Kier molecular flexibility index (Phi) is 4.82. The molecule has 9 heteroatoms. The summed E-state index contributed by atoms with van der Waals surface area (Å²) in [6, 6.07) is 0. The lowest BCUT2D eigenvalue weighted by Crippen LogP contribution is -2.41. The first-order chi connectivity index (χ1) is 8.00. The lowest BCUT2D eigenvalue weighted by Gasteiger charge is -2.14. The SMILES string of the molecule is NC(=O)OCC(O)NC(=O)C(O)c1nccs1. The van der Waals surface area contributed by atoms with Crippen molar-refractivity contribution in [2.75, 3.05) is 6.61 Å². The van der Waals surface area contributed by atoms with Crippen LogP contribution >= 0.6 is 11.3 Å². The first kappa shape index (κ1) is 13.4. The van der Waals surface area contributed by atoms with Crippen LogP contribution in [0, 0.1) is 0 Å². The van der Waals surface area contributed by atoms with E-state index in [1.807, 2.05) is 5.32 Å². The molecule has 0 radical (unpaired) electrons. The summed E-state index contributed by atoms with van der Waals surface area (Å²) in [4.78, 5) is 25.3. The Morgan fingerprint density at radius 2 is 2.29 bits per heavy atom. The summed E-state index contributed by atoms with van der Waals surface area (Å²) < 4.78 is 4.25. The highest BCUT2D eigenvalue weighted by Crippen LogP contribution is 2.15. The number of amides is 2. The minimum Gasteiger partial charge on any atom is -0.445 e. The third-order valence-corrected chi connectivity index (χ3v) is 2.45. The highest BCUT2D eigenvalue weighted by Gasteiger charge is 2.22. The lowest BCUT2D eigenvalue weighted by molar-refractivity contribution is -0.133. The number of ether oxygens (including phenoxy) is 1. The molecule has 2 amide bonds. The lowest BCUT2D eigenvalue weighted by atomic mass is 10.3. The van der Waals surface area contributed by atoms with Crippen LogP contribution in [0.4, 0.5) is 4.79 Å². The molecule has 0 fully saturated rings. The molecule has 5 N–H and O–H groups in total. The van der Waals surface area contributed by atoms with Crippen molar-refractivity contribution < 1.29 is 24.5 Å². The van der Waals surface area contributed by atoms with Crippen molar-refractivity contribution in [3.8, 4) is 0 Å². The van der Waals surface area contributed by atoms with Gasteiger partial charge in [0.15, 0.2) is 12.3 Å². The smallest absolute Gasteiger partial charge is 0.404 e. The van der Waals surface area contributed by atoms with Crippen molar-refractivity contribution in [2.24, 2.45) is 5.73 Å². The average molecular weight is 261 g/mol. The number of rotatable bonds is 5. The molecule has 8 nitrogen and oxygen atoms in total. The number of nitrogens with zero attached hydrogens (tertiary/aromatic N) is 1. The number of nitrogens with one attached hydrogen (secondary N) is 1. The van der Waals surface area contributed by atoms with Gasteiger partial charge < -0.3 is 26.0 Å². The Bertz CT molecular complexity index is 383. The van der Waals surface area contributed by atoms with Crippen molar-refractivity contribution in [1.82, 2.24) is 10.3 Å². The van der Waals surface area contributed by atoms with E-state index >= 15 is 0 Å². The maximum Gasteiger partial charge on any atom is 0.404 e. The fraction of sp³-hybridized carbons (Fsp3) is 0.375. The van der Waals surface area contributed by atoms with Crippen molar-refractivity contribution >= 4 is 23.3 Å². The molecule has 0 aliphatic carbocycles. The topological polar surface area (TPSA) is 135 Å². The molecular weight excluding hydrogens is 250 g/mol. The molecule has 2 atom stereocenters. The van der Waals surface area contributed by atoms with E-state index in [1.165, 1.54) is 6.20 Å². The predicted molar refractivity (Wildman–Crippen MR) is 56.8 cm³/mol. The molecule has 2 unspecified atom stereocenters. The molecule has 1 rings (SSSR count). The summed E-state index contributed by atoms with van der Waals surface area (Å²) in [7, 11) is 0. The van der Waals surface area contributed by atoms with Gasteiger partial charge in [-0.25, -0.2) is 9.78 Å². The molecule has 1 aromatic heterocycles. The molecule has 0 aliphatic heterocycles. The van der Waals surface area contributed by atoms with Crippen LogP contribution in [0.15, 0.2) is 11.6 Å². The van der Waals surface area contributed by atoms with Crippen LogP contribution in [0.3, 0.4) is 0 Å². The minimum atomic E-state index is -1.47. The van der Waals surface area contributed by atoms with E-state index in [2.05, 4.69) is 15.5 Å². The van der Waals surface area contributed by atoms with E-state index in [1.54, 1.807) is 5.38 Å². The largest absolute Gasteiger partial charge is 0.445 e. The Labute approximate surface area is 100 Å². The summed E-state index contributed by atoms with van der Waals surface area (Å²) in [5.74, 6) is -0.847. The standard InChI is InChI=1S/C8H11N3O5S/c9-8(15)16-3-4(12)11-6(14)5(13)7-10-1-2-17-7/h1-2,4-5,12-13H,3H2,(H2,9,15)(H,11,14). The second-order valence-corrected chi connectivity index (χ2v) is 3.85. The number of hydrogen-bond acceptors (Lipinski definition) is 7. The molecule has 94 valence electrons. The van der Waals surface area contributed by atoms with E-state index in [4.69, 9.17) is 0 Å².